The summed E-state index contributed by atoms with van der Waals surface area (Å²) in [6, 6.07) is 14.2. The summed E-state index contributed by atoms with van der Waals surface area (Å²) in [7, 11) is 0. The number of carbonyl (C=O) groups is 3. The molecule has 0 aliphatic heterocycles. The van der Waals surface area contributed by atoms with Crippen LogP contribution in [0.25, 0.3) is 0 Å². The van der Waals surface area contributed by atoms with Gasteiger partial charge in [-0.05, 0) is 59.3 Å². The van der Waals surface area contributed by atoms with Gasteiger partial charge in [-0.15, -0.1) is 0 Å². The number of carbonyl (C=O) groups excluding carboxylic acids is 2. The van der Waals surface area contributed by atoms with Crippen molar-refractivity contribution < 1.29 is 19.5 Å². The van der Waals surface area contributed by atoms with Gasteiger partial charge in [0.1, 0.15) is 12.1 Å². The molecular formula is C19H19IN2O4. The number of amides is 2. The minimum atomic E-state index is -1.14. The average Bonchev–Trinajstić information content (AvgIpc) is 2.62. The number of hydrogen-bond donors (Lipinski definition) is 3. The molecule has 0 aliphatic carbocycles. The standard InChI is InChI=1S/C19H19IN2O4/c1-12(19(25)26)21-18(24)16(11-13-5-3-2-4-6-13)22-17(23)14-7-9-15(20)10-8-14/h2-10,12,16H,11H2,1H3,(H,21,24)(H,22,23)(H,25,26)/t12-,16-/m0/s1. The van der Waals surface area contributed by atoms with Gasteiger partial charge in [-0.25, -0.2) is 0 Å². The van der Waals surface area contributed by atoms with Crippen molar-refractivity contribution in [1.29, 1.82) is 0 Å². The summed E-state index contributed by atoms with van der Waals surface area (Å²) >= 11 is 2.14. The van der Waals surface area contributed by atoms with Crippen LogP contribution in [0.5, 0.6) is 0 Å². The molecule has 2 atom stereocenters. The molecule has 2 aromatic carbocycles. The zero-order chi connectivity index (χ0) is 19.1. The Balaban J connectivity index is 2.16. The molecule has 0 aromatic heterocycles. The van der Waals surface area contributed by atoms with Crippen LogP contribution in [-0.2, 0) is 16.0 Å². The van der Waals surface area contributed by atoms with E-state index in [1.165, 1.54) is 6.92 Å². The van der Waals surface area contributed by atoms with Gasteiger partial charge >= 0.3 is 5.97 Å². The molecule has 7 heteroatoms. The second-order valence-electron chi connectivity index (χ2n) is 5.79. The van der Waals surface area contributed by atoms with Crippen LogP contribution in [0.3, 0.4) is 0 Å². The highest BCUT2D eigenvalue weighted by molar-refractivity contribution is 14.1. The molecule has 26 heavy (non-hydrogen) atoms. The third-order valence-electron chi connectivity index (χ3n) is 3.74. The molecule has 0 aliphatic rings. The zero-order valence-electron chi connectivity index (χ0n) is 14.1. The topological polar surface area (TPSA) is 95.5 Å². The van der Waals surface area contributed by atoms with E-state index in [1.807, 2.05) is 30.3 Å². The summed E-state index contributed by atoms with van der Waals surface area (Å²) in [4.78, 5) is 36.0. The summed E-state index contributed by atoms with van der Waals surface area (Å²) in [5.74, 6) is -2.07. The van der Waals surface area contributed by atoms with Gasteiger partial charge in [-0.3, -0.25) is 14.4 Å². The average molecular weight is 466 g/mol. The van der Waals surface area contributed by atoms with E-state index >= 15 is 0 Å². The van der Waals surface area contributed by atoms with Gasteiger partial charge in [0.15, 0.2) is 0 Å². The van der Waals surface area contributed by atoms with Gasteiger partial charge in [0, 0.05) is 15.6 Å². The zero-order valence-corrected chi connectivity index (χ0v) is 16.3. The second kappa shape index (κ2) is 9.33. The van der Waals surface area contributed by atoms with Gasteiger partial charge in [0.25, 0.3) is 5.91 Å². The fraction of sp³-hybridized carbons (Fsp3) is 0.211. The molecule has 136 valence electrons. The maximum Gasteiger partial charge on any atom is 0.325 e. The molecule has 0 unspecified atom stereocenters. The number of carboxylic acid groups (broad SMARTS) is 1. The number of hydrogen-bond acceptors (Lipinski definition) is 3. The molecule has 0 spiro atoms. The normalized spacial score (nSPS) is 12.7. The first-order valence-electron chi connectivity index (χ1n) is 8.00. The molecule has 6 nitrogen and oxygen atoms in total. The molecule has 2 aromatic rings. The van der Waals surface area contributed by atoms with Crippen molar-refractivity contribution in [2.45, 2.75) is 25.4 Å². The van der Waals surface area contributed by atoms with E-state index in [9.17, 15) is 14.4 Å². The maximum atomic E-state index is 12.5. The SMILES string of the molecule is C[C@H](NC(=O)[C@H](Cc1ccccc1)NC(=O)c1ccc(I)cc1)C(=O)O. The van der Waals surface area contributed by atoms with Crippen LogP contribution in [-0.4, -0.2) is 35.0 Å². The quantitative estimate of drug-likeness (QED) is 0.546. The van der Waals surface area contributed by atoms with Gasteiger partial charge in [0.05, 0.1) is 0 Å². The lowest BCUT2D eigenvalue weighted by molar-refractivity contribution is -0.141. The lowest BCUT2D eigenvalue weighted by atomic mass is 10.0. The largest absolute Gasteiger partial charge is 0.480 e. The number of aliphatic carboxylic acids is 1. The molecule has 0 bridgehead atoms. The van der Waals surface area contributed by atoms with E-state index in [0.717, 1.165) is 9.13 Å². The minimum absolute atomic E-state index is 0.259. The number of carboxylic acids is 1. The van der Waals surface area contributed by atoms with Crippen LogP contribution in [0.1, 0.15) is 22.8 Å². The lowest BCUT2D eigenvalue weighted by Gasteiger charge is -2.20. The molecule has 2 amide bonds. The number of rotatable bonds is 7. The molecule has 0 saturated carbocycles. The van der Waals surface area contributed by atoms with E-state index in [4.69, 9.17) is 5.11 Å². The fourth-order valence-corrected chi connectivity index (χ4v) is 2.64. The monoisotopic (exact) mass is 466 g/mol. The molecule has 3 N–H and O–H groups in total. The first-order valence-corrected chi connectivity index (χ1v) is 9.08. The van der Waals surface area contributed by atoms with Gasteiger partial charge in [0.2, 0.25) is 5.91 Å². The predicted molar refractivity (Wildman–Crippen MR) is 106 cm³/mol. The first-order chi connectivity index (χ1) is 12.4. The van der Waals surface area contributed by atoms with Crippen molar-refractivity contribution in [2.24, 2.45) is 0 Å². The van der Waals surface area contributed by atoms with Crippen molar-refractivity contribution >= 4 is 40.4 Å². The molecule has 0 heterocycles. The summed E-state index contributed by atoms with van der Waals surface area (Å²) in [6.07, 6.45) is 0.259. The first kappa shape index (κ1) is 19.9. The third kappa shape index (κ3) is 5.83. The lowest BCUT2D eigenvalue weighted by Crippen LogP contribution is -2.51. The van der Waals surface area contributed by atoms with E-state index in [2.05, 4.69) is 33.2 Å². The van der Waals surface area contributed by atoms with E-state index in [-0.39, 0.29) is 12.3 Å². The Morgan fingerprint density at radius 3 is 2.19 bits per heavy atom. The third-order valence-corrected chi connectivity index (χ3v) is 4.46. The highest BCUT2D eigenvalue weighted by atomic mass is 127. The Hall–Kier alpha value is -2.42. The van der Waals surface area contributed by atoms with E-state index in [1.54, 1.807) is 24.3 Å². The Labute approximate surface area is 165 Å². The number of benzene rings is 2. The van der Waals surface area contributed by atoms with Crippen LogP contribution in [0.4, 0.5) is 0 Å². The molecule has 0 radical (unpaired) electrons. The van der Waals surface area contributed by atoms with Crippen molar-refractivity contribution in [3.05, 3.63) is 69.3 Å². The van der Waals surface area contributed by atoms with E-state index < -0.39 is 24.0 Å². The van der Waals surface area contributed by atoms with Crippen molar-refractivity contribution in [2.75, 3.05) is 0 Å². The predicted octanol–water partition coefficient (Wildman–Crippen LogP) is 2.22. The van der Waals surface area contributed by atoms with E-state index in [0.29, 0.717) is 5.56 Å². The highest BCUT2D eigenvalue weighted by Crippen LogP contribution is 2.09. The van der Waals surface area contributed by atoms with Crippen LogP contribution in [0, 0.1) is 3.57 Å². The minimum Gasteiger partial charge on any atom is -0.480 e. The van der Waals surface area contributed by atoms with Crippen LogP contribution >= 0.6 is 22.6 Å². The Morgan fingerprint density at radius 1 is 1.00 bits per heavy atom. The Kier molecular flexibility index (Phi) is 7.14. The molecule has 2 rings (SSSR count). The molecular weight excluding hydrogens is 447 g/mol. The van der Waals surface area contributed by atoms with Gasteiger partial charge < -0.3 is 15.7 Å². The summed E-state index contributed by atoms with van der Waals surface area (Å²) in [5.41, 5.74) is 1.29. The summed E-state index contributed by atoms with van der Waals surface area (Å²) in [5, 5.41) is 14.1. The van der Waals surface area contributed by atoms with Crippen molar-refractivity contribution in [1.82, 2.24) is 10.6 Å². The molecule has 0 fully saturated rings. The summed E-state index contributed by atoms with van der Waals surface area (Å²) < 4.78 is 0.994. The maximum absolute atomic E-state index is 12.5. The molecule has 0 saturated heterocycles. The second-order valence-corrected chi connectivity index (χ2v) is 7.04. The fourth-order valence-electron chi connectivity index (χ4n) is 2.28. The van der Waals surface area contributed by atoms with Gasteiger partial charge in [-0.1, -0.05) is 30.3 Å². The van der Waals surface area contributed by atoms with Crippen LogP contribution in [0.15, 0.2) is 54.6 Å². The van der Waals surface area contributed by atoms with Crippen molar-refractivity contribution in [3.63, 3.8) is 0 Å². The Morgan fingerprint density at radius 2 is 1.62 bits per heavy atom. The smallest absolute Gasteiger partial charge is 0.325 e. The Bertz CT molecular complexity index is 778. The van der Waals surface area contributed by atoms with Crippen molar-refractivity contribution in [3.8, 4) is 0 Å². The highest BCUT2D eigenvalue weighted by Gasteiger charge is 2.25. The van der Waals surface area contributed by atoms with Crippen LogP contribution in [0.2, 0.25) is 0 Å². The van der Waals surface area contributed by atoms with Gasteiger partial charge in [-0.2, -0.15) is 0 Å². The number of halogens is 1. The van der Waals surface area contributed by atoms with Crippen LogP contribution < -0.4 is 10.6 Å². The summed E-state index contributed by atoms with van der Waals surface area (Å²) in [6.45, 7) is 1.38. The number of nitrogens with one attached hydrogen (secondary N) is 2.